The molecule has 0 saturated carbocycles. The number of pyridine rings is 1. The molecule has 1 aliphatic rings. The highest BCUT2D eigenvalue weighted by Gasteiger charge is 2.22. The average Bonchev–Trinajstić information content (AvgIpc) is 2.47. The monoisotopic (exact) mass is 277 g/mol. The third kappa shape index (κ3) is 4.18. The summed E-state index contributed by atoms with van der Waals surface area (Å²) in [5.41, 5.74) is 1.30. The fourth-order valence-corrected chi connectivity index (χ4v) is 2.53. The molecule has 0 bridgehead atoms. The van der Waals surface area contributed by atoms with Gasteiger partial charge in [0, 0.05) is 19.3 Å². The number of nitrogens with one attached hydrogen (secondary N) is 1. The lowest BCUT2D eigenvalue weighted by Gasteiger charge is -2.36. The first kappa shape index (κ1) is 15.3. The van der Waals surface area contributed by atoms with Crippen LogP contribution in [0.4, 0.5) is 5.82 Å². The molecule has 1 atom stereocenters. The van der Waals surface area contributed by atoms with Gasteiger partial charge in [0.2, 0.25) is 0 Å². The van der Waals surface area contributed by atoms with Gasteiger partial charge in [0.25, 0.3) is 0 Å². The maximum Gasteiger partial charge on any atom is 0.129 e. The Hall–Kier alpha value is -1.13. The van der Waals surface area contributed by atoms with E-state index in [-0.39, 0.29) is 0 Å². The largest absolute Gasteiger partial charge is 0.377 e. The zero-order valence-corrected chi connectivity index (χ0v) is 12.9. The van der Waals surface area contributed by atoms with Crippen LogP contribution < -0.4 is 10.2 Å². The van der Waals surface area contributed by atoms with Gasteiger partial charge in [0.15, 0.2) is 0 Å². The van der Waals surface area contributed by atoms with Crippen molar-refractivity contribution < 1.29 is 4.74 Å². The molecule has 1 aromatic rings. The van der Waals surface area contributed by atoms with E-state index in [0.29, 0.717) is 12.0 Å². The van der Waals surface area contributed by atoms with E-state index in [1.165, 1.54) is 5.56 Å². The average molecular weight is 277 g/mol. The van der Waals surface area contributed by atoms with Gasteiger partial charge in [0.05, 0.1) is 19.3 Å². The molecule has 0 aromatic carbocycles. The maximum absolute atomic E-state index is 5.56. The molecule has 0 amide bonds. The Kier molecular flexibility index (Phi) is 5.80. The first-order chi connectivity index (χ1) is 9.70. The van der Waals surface area contributed by atoms with Crippen molar-refractivity contribution in [2.45, 2.75) is 39.8 Å². The van der Waals surface area contributed by atoms with Crippen LogP contribution >= 0.6 is 0 Å². The molecule has 1 aromatic heterocycles. The van der Waals surface area contributed by atoms with E-state index in [9.17, 15) is 0 Å². The lowest BCUT2D eigenvalue weighted by molar-refractivity contribution is 0.0925. The predicted molar refractivity (Wildman–Crippen MR) is 83.0 cm³/mol. The van der Waals surface area contributed by atoms with E-state index >= 15 is 0 Å². The topological polar surface area (TPSA) is 37.4 Å². The summed E-state index contributed by atoms with van der Waals surface area (Å²) in [6.45, 7) is 11.2. The van der Waals surface area contributed by atoms with E-state index in [2.05, 4.69) is 48.1 Å². The fourth-order valence-electron chi connectivity index (χ4n) is 2.53. The molecule has 0 aliphatic carbocycles. The number of nitrogens with zero attached hydrogens (tertiary/aromatic N) is 2. The molecular formula is C16H27N3O. The van der Waals surface area contributed by atoms with Crippen LogP contribution in [0.2, 0.25) is 0 Å². The van der Waals surface area contributed by atoms with Crippen molar-refractivity contribution in [3.63, 3.8) is 0 Å². The summed E-state index contributed by atoms with van der Waals surface area (Å²) in [7, 11) is 0. The normalized spacial score (nSPS) is 19.6. The molecule has 2 heterocycles. The van der Waals surface area contributed by atoms with Crippen LogP contribution in [0.5, 0.6) is 0 Å². The Morgan fingerprint density at radius 2 is 2.35 bits per heavy atom. The van der Waals surface area contributed by atoms with Crippen molar-refractivity contribution in [3.05, 3.63) is 23.9 Å². The molecule has 1 saturated heterocycles. The molecule has 0 radical (unpaired) electrons. The van der Waals surface area contributed by atoms with Crippen molar-refractivity contribution in [3.8, 4) is 0 Å². The van der Waals surface area contributed by atoms with Gasteiger partial charge in [-0.1, -0.05) is 20.8 Å². The summed E-state index contributed by atoms with van der Waals surface area (Å²) >= 11 is 0. The fraction of sp³-hybridized carbons (Fsp3) is 0.688. The minimum Gasteiger partial charge on any atom is -0.377 e. The first-order valence-corrected chi connectivity index (χ1v) is 7.70. The number of hydrogen-bond acceptors (Lipinski definition) is 4. The maximum atomic E-state index is 5.56. The summed E-state index contributed by atoms with van der Waals surface area (Å²) < 4.78 is 5.56. The Morgan fingerprint density at radius 1 is 1.50 bits per heavy atom. The quantitative estimate of drug-likeness (QED) is 0.866. The van der Waals surface area contributed by atoms with Gasteiger partial charge in [-0.2, -0.15) is 0 Å². The summed E-state index contributed by atoms with van der Waals surface area (Å²) in [4.78, 5) is 6.93. The van der Waals surface area contributed by atoms with E-state index in [0.717, 1.165) is 45.1 Å². The highest BCUT2D eigenvalue weighted by atomic mass is 16.5. The molecule has 1 unspecified atom stereocenters. The van der Waals surface area contributed by atoms with Crippen LogP contribution in [0, 0.1) is 5.92 Å². The van der Waals surface area contributed by atoms with Gasteiger partial charge in [0.1, 0.15) is 5.82 Å². The third-order valence-electron chi connectivity index (χ3n) is 3.68. The summed E-state index contributed by atoms with van der Waals surface area (Å²) in [5, 5.41) is 3.49. The molecule has 1 aliphatic heterocycles. The molecular weight excluding hydrogens is 250 g/mol. The smallest absolute Gasteiger partial charge is 0.129 e. The zero-order chi connectivity index (χ0) is 14.4. The first-order valence-electron chi connectivity index (χ1n) is 7.70. The minimum atomic E-state index is 0.454. The standard InChI is InChI=1S/C16H27N3O/c1-4-15-12-20-8-7-19(15)16-9-14(5-6-18-16)11-17-10-13(2)3/h5-6,9,13,15,17H,4,7-8,10-12H2,1-3H3. The lowest BCUT2D eigenvalue weighted by atomic mass is 10.1. The Morgan fingerprint density at radius 3 is 3.10 bits per heavy atom. The number of morpholine rings is 1. The third-order valence-corrected chi connectivity index (χ3v) is 3.68. The van der Waals surface area contributed by atoms with E-state index in [4.69, 9.17) is 4.74 Å². The van der Waals surface area contributed by atoms with Crippen LogP contribution in [0.3, 0.4) is 0 Å². The van der Waals surface area contributed by atoms with Crippen LogP contribution in [-0.2, 0) is 11.3 Å². The number of hydrogen-bond donors (Lipinski definition) is 1. The second kappa shape index (κ2) is 7.60. The van der Waals surface area contributed by atoms with Gasteiger partial charge in [-0.3, -0.25) is 0 Å². The molecule has 20 heavy (non-hydrogen) atoms. The Balaban J connectivity index is 2.00. The second-order valence-electron chi connectivity index (χ2n) is 5.88. The van der Waals surface area contributed by atoms with Gasteiger partial charge in [-0.05, 0) is 36.6 Å². The van der Waals surface area contributed by atoms with Crippen molar-refractivity contribution in [2.75, 3.05) is 31.2 Å². The Labute approximate surface area is 122 Å². The van der Waals surface area contributed by atoms with Crippen molar-refractivity contribution in [1.29, 1.82) is 0 Å². The second-order valence-corrected chi connectivity index (χ2v) is 5.88. The molecule has 1 N–H and O–H groups in total. The summed E-state index contributed by atoms with van der Waals surface area (Å²) in [5.74, 6) is 1.77. The summed E-state index contributed by atoms with van der Waals surface area (Å²) in [6, 6.07) is 4.76. The SMILES string of the molecule is CCC1COCCN1c1cc(CNCC(C)C)ccn1. The van der Waals surface area contributed by atoms with Crippen LogP contribution in [0.25, 0.3) is 0 Å². The molecule has 4 heteroatoms. The van der Waals surface area contributed by atoms with E-state index in [1.54, 1.807) is 0 Å². The number of aromatic nitrogens is 1. The van der Waals surface area contributed by atoms with Gasteiger partial charge in [-0.15, -0.1) is 0 Å². The molecule has 2 rings (SSSR count). The van der Waals surface area contributed by atoms with E-state index < -0.39 is 0 Å². The Bertz CT molecular complexity index is 408. The zero-order valence-electron chi connectivity index (χ0n) is 12.9. The van der Waals surface area contributed by atoms with Crippen molar-refractivity contribution >= 4 is 5.82 Å². The number of anilines is 1. The molecule has 1 fully saturated rings. The number of rotatable bonds is 6. The van der Waals surface area contributed by atoms with Gasteiger partial charge < -0.3 is 15.0 Å². The molecule has 4 nitrogen and oxygen atoms in total. The van der Waals surface area contributed by atoms with Crippen molar-refractivity contribution in [2.24, 2.45) is 5.92 Å². The van der Waals surface area contributed by atoms with Crippen molar-refractivity contribution in [1.82, 2.24) is 10.3 Å². The predicted octanol–water partition coefficient (Wildman–Crippen LogP) is 2.44. The summed E-state index contributed by atoms with van der Waals surface area (Å²) in [6.07, 6.45) is 3.02. The molecule has 112 valence electrons. The van der Waals surface area contributed by atoms with Crippen LogP contribution in [0.1, 0.15) is 32.8 Å². The van der Waals surface area contributed by atoms with Gasteiger partial charge >= 0.3 is 0 Å². The van der Waals surface area contributed by atoms with Crippen LogP contribution in [0.15, 0.2) is 18.3 Å². The van der Waals surface area contributed by atoms with Gasteiger partial charge in [-0.25, -0.2) is 4.98 Å². The van der Waals surface area contributed by atoms with Crippen LogP contribution in [-0.4, -0.2) is 37.3 Å². The minimum absolute atomic E-state index is 0.454. The molecule has 0 spiro atoms. The lowest BCUT2D eigenvalue weighted by Crippen LogP contribution is -2.45. The number of ether oxygens (including phenoxy) is 1. The highest BCUT2D eigenvalue weighted by Crippen LogP contribution is 2.20. The van der Waals surface area contributed by atoms with E-state index in [1.807, 2.05) is 6.20 Å². The highest BCUT2D eigenvalue weighted by molar-refractivity contribution is 5.42.